The van der Waals surface area contributed by atoms with Crippen LogP contribution in [0.3, 0.4) is 0 Å². The second kappa shape index (κ2) is 10.8. The van der Waals surface area contributed by atoms with Gasteiger partial charge in [0.05, 0.1) is 5.69 Å². The molecule has 2 amide bonds. The third-order valence-corrected chi connectivity index (χ3v) is 6.99. The summed E-state index contributed by atoms with van der Waals surface area (Å²) in [5.74, 6) is 0.416. The SMILES string of the molecule is O=C1CC=CC=C1CCCN(CCCCCCc1cc2c3c(c1)CCN3C(=O)CC2)C(=O)O. The van der Waals surface area contributed by atoms with E-state index in [-0.39, 0.29) is 11.7 Å². The maximum Gasteiger partial charge on any atom is 0.407 e. The lowest BCUT2D eigenvalue weighted by atomic mass is 9.94. The van der Waals surface area contributed by atoms with E-state index in [4.69, 9.17) is 0 Å². The molecule has 0 saturated heterocycles. The molecule has 1 aromatic rings. The minimum atomic E-state index is -0.876. The van der Waals surface area contributed by atoms with Gasteiger partial charge in [-0.3, -0.25) is 9.59 Å². The number of carbonyl (C=O) groups excluding carboxylic acids is 2. The number of benzene rings is 1. The van der Waals surface area contributed by atoms with Gasteiger partial charge in [-0.1, -0.05) is 43.2 Å². The summed E-state index contributed by atoms with van der Waals surface area (Å²) >= 11 is 0. The number of nitrogens with zero attached hydrogens (tertiary/aromatic N) is 2. The van der Waals surface area contributed by atoms with Crippen LogP contribution in [0.15, 0.2) is 35.9 Å². The molecule has 2 heterocycles. The topological polar surface area (TPSA) is 77.9 Å². The molecular weight excluding hydrogens is 416 g/mol. The third-order valence-electron chi connectivity index (χ3n) is 6.99. The molecule has 3 aliphatic rings. The molecule has 0 unspecified atom stereocenters. The molecule has 0 radical (unpaired) electrons. The predicted molar refractivity (Wildman–Crippen MR) is 129 cm³/mol. The number of hydrogen-bond acceptors (Lipinski definition) is 3. The minimum absolute atomic E-state index is 0.151. The van der Waals surface area contributed by atoms with Gasteiger partial charge in [0.15, 0.2) is 5.78 Å². The van der Waals surface area contributed by atoms with Gasteiger partial charge in [0, 0.05) is 32.5 Å². The molecule has 0 bridgehead atoms. The van der Waals surface area contributed by atoms with Gasteiger partial charge >= 0.3 is 6.09 Å². The smallest absolute Gasteiger partial charge is 0.407 e. The van der Waals surface area contributed by atoms with E-state index in [9.17, 15) is 19.5 Å². The zero-order chi connectivity index (χ0) is 23.2. The second-order valence-electron chi connectivity index (χ2n) is 9.34. The van der Waals surface area contributed by atoms with Crippen molar-refractivity contribution in [3.63, 3.8) is 0 Å². The van der Waals surface area contributed by atoms with Gasteiger partial charge in [0.25, 0.3) is 0 Å². The van der Waals surface area contributed by atoms with Crippen LogP contribution >= 0.6 is 0 Å². The first-order chi connectivity index (χ1) is 16.0. The lowest BCUT2D eigenvalue weighted by molar-refractivity contribution is -0.118. The number of ketones is 1. The van der Waals surface area contributed by atoms with Crippen LogP contribution in [0, 0.1) is 0 Å². The van der Waals surface area contributed by atoms with Crippen LogP contribution in [0.25, 0.3) is 0 Å². The number of aryl methyl sites for hydroxylation is 2. The standard InChI is InChI=1S/C27H34N2O4/c30-24-11-5-4-9-21(24)10-7-16-28(27(32)33)15-6-2-1-3-8-20-18-22-12-13-25(31)29-17-14-23(19-20)26(22)29/h4-5,9,18-19H,1-3,6-8,10-17H2,(H,32,33). The zero-order valence-corrected chi connectivity index (χ0v) is 19.4. The van der Waals surface area contributed by atoms with E-state index in [1.54, 1.807) is 0 Å². The number of rotatable bonds is 11. The average Bonchev–Trinajstić information content (AvgIpc) is 3.23. The molecule has 0 saturated carbocycles. The summed E-state index contributed by atoms with van der Waals surface area (Å²) in [5, 5.41) is 9.49. The monoisotopic (exact) mass is 450 g/mol. The molecule has 0 atom stereocenters. The fraction of sp³-hybridized carbons (Fsp3) is 0.519. The normalized spacial score (nSPS) is 16.7. The summed E-state index contributed by atoms with van der Waals surface area (Å²) in [4.78, 5) is 38.9. The van der Waals surface area contributed by atoms with Crippen molar-refractivity contribution in [3.8, 4) is 0 Å². The molecule has 176 valence electrons. The fourth-order valence-electron chi connectivity index (χ4n) is 5.23. The summed E-state index contributed by atoms with van der Waals surface area (Å²) < 4.78 is 0. The summed E-state index contributed by atoms with van der Waals surface area (Å²) in [7, 11) is 0. The Kier molecular flexibility index (Phi) is 7.63. The van der Waals surface area contributed by atoms with Crippen molar-refractivity contribution in [1.82, 2.24) is 4.90 Å². The molecule has 4 rings (SSSR count). The highest BCUT2D eigenvalue weighted by molar-refractivity contribution is 5.99. The number of carboxylic acid groups (broad SMARTS) is 1. The Morgan fingerprint density at radius 3 is 2.48 bits per heavy atom. The van der Waals surface area contributed by atoms with Crippen LogP contribution in [0.1, 0.15) is 68.1 Å². The lowest BCUT2D eigenvalue weighted by Crippen LogP contribution is -2.32. The van der Waals surface area contributed by atoms with Crippen molar-refractivity contribution in [2.45, 2.75) is 70.6 Å². The molecular formula is C27H34N2O4. The Balaban J connectivity index is 1.15. The maximum absolute atomic E-state index is 12.1. The largest absolute Gasteiger partial charge is 0.465 e. The number of allylic oxidation sites excluding steroid dienone is 4. The number of amides is 2. The Bertz CT molecular complexity index is 979. The molecule has 1 N–H and O–H groups in total. The summed E-state index contributed by atoms with van der Waals surface area (Å²) in [6.07, 6.45) is 14.1. The number of carbonyl (C=O) groups is 3. The molecule has 1 aliphatic carbocycles. The van der Waals surface area contributed by atoms with Crippen molar-refractivity contribution in [2.75, 3.05) is 24.5 Å². The van der Waals surface area contributed by atoms with Gasteiger partial charge in [-0.05, 0) is 67.2 Å². The summed E-state index contributed by atoms with van der Waals surface area (Å²) in [5.41, 5.74) is 6.02. The first-order valence-corrected chi connectivity index (χ1v) is 12.3. The first-order valence-electron chi connectivity index (χ1n) is 12.3. The van der Waals surface area contributed by atoms with Crippen LogP contribution in [0.2, 0.25) is 0 Å². The molecule has 2 aliphatic heterocycles. The molecule has 6 heteroatoms. The number of Topliss-reactive ketones (excluding diaryl/α,β-unsaturated/α-hetero) is 1. The zero-order valence-electron chi connectivity index (χ0n) is 19.4. The highest BCUT2D eigenvalue weighted by atomic mass is 16.4. The number of unbranched alkanes of at least 4 members (excludes halogenated alkanes) is 3. The van der Waals surface area contributed by atoms with Crippen molar-refractivity contribution in [3.05, 3.63) is 52.6 Å². The van der Waals surface area contributed by atoms with Gasteiger partial charge in [-0.25, -0.2) is 4.79 Å². The molecule has 33 heavy (non-hydrogen) atoms. The predicted octanol–water partition coefficient (Wildman–Crippen LogP) is 4.84. The molecule has 0 fully saturated rings. The quantitative estimate of drug-likeness (QED) is 0.489. The fourth-order valence-corrected chi connectivity index (χ4v) is 5.23. The molecule has 0 spiro atoms. The van der Waals surface area contributed by atoms with E-state index >= 15 is 0 Å². The molecule has 0 aromatic heterocycles. The van der Waals surface area contributed by atoms with Crippen molar-refractivity contribution in [2.24, 2.45) is 0 Å². The van der Waals surface area contributed by atoms with Gasteiger partial charge in [0.2, 0.25) is 5.91 Å². The van der Waals surface area contributed by atoms with Gasteiger partial charge in [-0.2, -0.15) is 0 Å². The Morgan fingerprint density at radius 1 is 0.939 bits per heavy atom. The first kappa shape index (κ1) is 23.3. The van der Waals surface area contributed by atoms with Crippen LogP contribution in [-0.2, 0) is 28.9 Å². The van der Waals surface area contributed by atoms with E-state index in [0.717, 1.165) is 57.1 Å². The van der Waals surface area contributed by atoms with E-state index in [1.165, 1.54) is 27.3 Å². The van der Waals surface area contributed by atoms with Crippen molar-refractivity contribution >= 4 is 23.5 Å². The third kappa shape index (κ3) is 5.73. The second-order valence-corrected chi connectivity index (χ2v) is 9.34. The van der Waals surface area contributed by atoms with Gasteiger partial charge < -0.3 is 14.9 Å². The Labute approximate surface area is 195 Å². The van der Waals surface area contributed by atoms with Crippen LogP contribution in [-0.4, -0.2) is 47.4 Å². The highest BCUT2D eigenvalue weighted by Gasteiger charge is 2.31. The Hall–Kier alpha value is -2.89. The summed E-state index contributed by atoms with van der Waals surface area (Å²) in [6.45, 7) is 1.85. The van der Waals surface area contributed by atoms with E-state index in [2.05, 4.69) is 12.1 Å². The summed E-state index contributed by atoms with van der Waals surface area (Å²) in [6, 6.07) is 4.57. The number of hydrogen-bond donors (Lipinski definition) is 1. The Morgan fingerprint density at radius 2 is 1.70 bits per heavy atom. The van der Waals surface area contributed by atoms with E-state index in [0.29, 0.717) is 38.8 Å². The molecule has 1 aromatic carbocycles. The van der Waals surface area contributed by atoms with E-state index in [1.807, 2.05) is 23.1 Å². The maximum atomic E-state index is 12.1. The number of anilines is 1. The van der Waals surface area contributed by atoms with E-state index < -0.39 is 6.09 Å². The minimum Gasteiger partial charge on any atom is -0.465 e. The van der Waals surface area contributed by atoms with Crippen LogP contribution in [0.5, 0.6) is 0 Å². The van der Waals surface area contributed by atoms with Gasteiger partial charge in [0.1, 0.15) is 0 Å². The van der Waals surface area contributed by atoms with Crippen LogP contribution < -0.4 is 4.90 Å². The highest BCUT2D eigenvalue weighted by Crippen LogP contribution is 2.37. The molecule has 6 nitrogen and oxygen atoms in total. The van der Waals surface area contributed by atoms with Crippen LogP contribution in [0.4, 0.5) is 10.5 Å². The van der Waals surface area contributed by atoms with Crippen molar-refractivity contribution < 1.29 is 19.5 Å². The van der Waals surface area contributed by atoms with Crippen molar-refractivity contribution in [1.29, 1.82) is 0 Å². The lowest BCUT2D eigenvalue weighted by Gasteiger charge is -2.25. The average molecular weight is 451 g/mol. The van der Waals surface area contributed by atoms with Gasteiger partial charge in [-0.15, -0.1) is 0 Å².